The van der Waals surface area contributed by atoms with Crippen molar-refractivity contribution in [3.63, 3.8) is 0 Å². The molecule has 1 saturated heterocycles. The molecule has 1 fully saturated rings. The number of amides is 1. The number of benzene rings is 2. The largest absolute Gasteiger partial charge is 0.325 e. The van der Waals surface area contributed by atoms with Gasteiger partial charge in [-0.15, -0.1) is 0 Å². The van der Waals surface area contributed by atoms with Crippen LogP contribution in [0, 0.1) is 11.6 Å². The summed E-state index contributed by atoms with van der Waals surface area (Å²) in [6, 6.07) is 13.7. The standard InChI is InChI=1S/C18H18F2N2O/c19-15-9-8-14(11-16(15)20)21-18(23)12-22-10-4-7-17(22)13-5-2-1-3-6-13/h1-3,5-6,8-9,11,17H,4,7,10,12H2,(H,21,23). The molecule has 0 aliphatic carbocycles. The Hall–Kier alpha value is -2.27. The molecule has 1 atom stereocenters. The highest BCUT2D eigenvalue weighted by atomic mass is 19.2. The van der Waals surface area contributed by atoms with E-state index in [1.165, 1.54) is 11.6 Å². The second-order valence-corrected chi connectivity index (χ2v) is 5.72. The molecular weight excluding hydrogens is 298 g/mol. The van der Waals surface area contributed by atoms with E-state index in [1.807, 2.05) is 18.2 Å². The lowest BCUT2D eigenvalue weighted by atomic mass is 10.0. The zero-order chi connectivity index (χ0) is 16.2. The number of nitrogens with one attached hydrogen (secondary N) is 1. The third-order valence-corrected chi connectivity index (χ3v) is 4.10. The van der Waals surface area contributed by atoms with Crippen LogP contribution in [0.1, 0.15) is 24.4 Å². The van der Waals surface area contributed by atoms with Crippen molar-refractivity contribution >= 4 is 11.6 Å². The van der Waals surface area contributed by atoms with E-state index in [4.69, 9.17) is 0 Å². The number of rotatable bonds is 4. The van der Waals surface area contributed by atoms with E-state index >= 15 is 0 Å². The minimum absolute atomic E-state index is 0.223. The lowest BCUT2D eigenvalue weighted by Crippen LogP contribution is -2.32. The van der Waals surface area contributed by atoms with Crippen molar-refractivity contribution < 1.29 is 13.6 Å². The Balaban J connectivity index is 1.64. The maximum atomic E-state index is 13.2. The van der Waals surface area contributed by atoms with Crippen molar-refractivity contribution in [2.45, 2.75) is 18.9 Å². The van der Waals surface area contributed by atoms with Crippen LogP contribution in [0.15, 0.2) is 48.5 Å². The predicted molar refractivity (Wildman–Crippen MR) is 85.0 cm³/mol. The van der Waals surface area contributed by atoms with Crippen molar-refractivity contribution in [2.75, 3.05) is 18.4 Å². The van der Waals surface area contributed by atoms with Gasteiger partial charge in [-0.05, 0) is 37.1 Å². The molecule has 0 spiro atoms. The summed E-state index contributed by atoms with van der Waals surface area (Å²) in [4.78, 5) is 14.3. The monoisotopic (exact) mass is 316 g/mol. The number of halogens is 2. The van der Waals surface area contributed by atoms with Gasteiger partial charge in [0, 0.05) is 17.8 Å². The molecule has 5 heteroatoms. The molecule has 1 unspecified atom stereocenters. The van der Waals surface area contributed by atoms with Gasteiger partial charge >= 0.3 is 0 Å². The fraction of sp³-hybridized carbons (Fsp3) is 0.278. The fourth-order valence-corrected chi connectivity index (χ4v) is 3.03. The van der Waals surface area contributed by atoms with E-state index < -0.39 is 11.6 Å². The van der Waals surface area contributed by atoms with E-state index in [-0.39, 0.29) is 24.2 Å². The maximum Gasteiger partial charge on any atom is 0.238 e. The van der Waals surface area contributed by atoms with Crippen LogP contribution in [0.25, 0.3) is 0 Å². The van der Waals surface area contributed by atoms with Gasteiger partial charge < -0.3 is 5.32 Å². The summed E-state index contributed by atoms with van der Waals surface area (Å²) in [6.45, 7) is 1.09. The first-order chi connectivity index (χ1) is 11.1. The minimum Gasteiger partial charge on any atom is -0.325 e. The highest BCUT2D eigenvalue weighted by Gasteiger charge is 2.27. The Morgan fingerprint density at radius 3 is 2.65 bits per heavy atom. The van der Waals surface area contributed by atoms with Crippen LogP contribution in [0.2, 0.25) is 0 Å². The summed E-state index contributed by atoms with van der Waals surface area (Å²) in [5.74, 6) is -2.11. The minimum atomic E-state index is -0.967. The number of carbonyl (C=O) groups excluding carboxylic acids is 1. The fourth-order valence-electron chi connectivity index (χ4n) is 3.03. The molecule has 1 aliphatic rings. The highest BCUT2D eigenvalue weighted by Crippen LogP contribution is 2.31. The van der Waals surface area contributed by atoms with Gasteiger partial charge in [0.2, 0.25) is 5.91 Å². The Labute approximate surface area is 133 Å². The van der Waals surface area contributed by atoms with Gasteiger partial charge in [0.15, 0.2) is 11.6 Å². The molecule has 1 aliphatic heterocycles. The van der Waals surface area contributed by atoms with Gasteiger partial charge in [-0.2, -0.15) is 0 Å². The first-order valence-electron chi connectivity index (χ1n) is 7.67. The molecular formula is C18H18F2N2O. The van der Waals surface area contributed by atoms with Gasteiger partial charge in [0.1, 0.15) is 0 Å². The van der Waals surface area contributed by atoms with Gasteiger partial charge in [0.05, 0.1) is 6.54 Å². The van der Waals surface area contributed by atoms with Crippen LogP contribution in [0.5, 0.6) is 0 Å². The number of hydrogen-bond donors (Lipinski definition) is 1. The number of nitrogens with zero attached hydrogens (tertiary/aromatic N) is 1. The van der Waals surface area contributed by atoms with E-state index in [0.29, 0.717) is 0 Å². The first kappa shape index (κ1) is 15.6. The van der Waals surface area contributed by atoms with Crippen molar-refractivity contribution in [2.24, 2.45) is 0 Å². The first-order valence-corrected chi connectivity index (χ1v) is 7.67. The number of hydrogen-bond acceptors (Lipinski definition) is 2. The van der Waals surface area contributed by atoms with Crippen LogP contribution in [0.4, 0.5) is 14.5 Å². The molecule has 0 saturated carbocycles. The van der Waals surface area contributed by atoms with Crippen molar-refractivity contribution in [3.8, 4) is 0 Å². The second-order valence-electron chi connectivity index (χ2n) is 5.72. The molecule has 0 aromatic heterocycles. The Morgan fingerprint density at radius 1 is 1.13 bits per heavy atom. The smallest absolute Gasteiger partial charge is 0.238 e. The Morgan fingerprint density at radius 2 is 1.91 bits per heavy atom. The van der Waals surface area contributed by atoms with Crippen LogP contribution in [-0.4, -0.2) is 23.9 Å². The summed E-state index contributed by atoms with van der Waals surface area (Å²) in [5, 5.41) is 2.62. The van der Waals surface area contributed by atoms with Crippen molar-refractivity contribution in [3.05, 3.63) is 65.7 Å². The summed E-state index contributed by atoms with van der Waals surface area (Å²) in [6.07, 6.45) is 2.06. The molecule has 3 rings (SSSR count). The van der Waals surface area contributed by atoms with E-state index in [2.05, 4.69) is 22.3 Å². The van der Waals surface area contributed by atoms with Gasteiger partial charge in [-0.1, -0.05) is 30.3 Å². The normalized spacial score (nSPS) is 18.1. The van der Waals surface area contributed by atoms with Crippen LogP contribution < -0.4 is 5.32 Å². The van der Waals surface area contributed by atoms with Gasteiger partial charge in [-0.3, -0.25) is 9.69 Å². The van der Waals surface area contributed by atoms with Crippen LogP contribution in [0.3, 0.4) is 0 Å². The molecule has 2 aromatic rings. The number of likely N-dealkylation sites (tertiary alicyclic amines) is 1. The highest BCUT2D eigenvalue weighted by molar-refractivity contribution is 5.92. The average Bonchev–Trinajstić information content (AvgIpc) is 3.00. The SMILES string of the molecule is O=C(CN1CCCC1c1ccccc1)Nc1ccc(F)c(F)c1. The molecule has 0 radical (unpaired) electrons. The summed E-state index contributed by atoms with van der Waals surface area (Å²) < 4.78 is 26.1. The molecule has 23 heavy (non-hydrogen) atoms. The zero-order valence-electron chi connectivity index (χ0n) is 12.6. The molecule has 2 aromatic carbocycles. The Kier molecular flexibility index (Phi) is 4.67. The zero-order valence-corrected chi connectivity index (χ0v) is 12.6. The maximum absolute atomic E-state index is 13.2. The molecule has 1 N–H and O–H groups in total. The molecule has 1 amide bonds. The van der Waals surface area contributed by atoms with Crippen molar-refractivity contribution in [1.82, 2.24) is 4.90 Å². The third-order valence-electron chi connectivity index (χ3n) is 4.10. The lowest BCUT2D eigenvalue weighted by molar-refractivity contribution is -0.117. The number of carbonyl (C=O) groups is 1. The van der Waals surface area contributed by atoms with E-state index in [0.717, 1.165) is 31.5 Å². The lowest BCUT2D eigenvalue weighted by Gasteiger charge is -2.24. The summed E-state index contributed by atoms with van der Waals surface area (Å²) in [5.41, 5.74) is 1.47. The van der Waals surface area contributed by atoms with E-state index in [9.17, 15) is 13.6 Å². The molecule has 1 heterocycles. The van der Waals surface area contributed by atoms with Crippen LogP contribution in [-0.2, 0) is 4.79 Å². The van der Waals surface area contributed by atoms with Crippen LogP contribution >= 0.6 is 0 Å². The average molecular weight is 316 g/mol. The quantitative estimate of drug-likeness (QED) is 0.932. The summed E-state index contributed by atoms with van der Waals surface area (Å²) in [7, 11) is 0. The van der Waals surface area contributed by atoms with E-state index in [1.54, 1.807) is 0 Å². The molecule has 0 bridgehead atoms. The second kappa shape index (κ2) is 6.87. The number of anilines is 1. The Bertz CT molecular complexity index is 691. The van der Waals surface area contributed by atoms with Gasteiger partial charge in [-0.25, -0.2) is 8.78 Å². The van der Waals surface area contributed by atoms with Crippen molar-refractivity contribution in [1.29, 1.82) is 0 Å². The topological polar surface area (TPSA) is 32.3 Å². The summed E-state index contributed by atoms with van der Waals surface area (Å²) >= 11 is 0. The van der Waals surface area contributed by atoms with Gasteiger partial charge in [0.25, 0.3) is 0 Å². The molecule has 3 nitrogen and oxygen atoms in total. The predicted octanol–water partition coefficient (Wildman–Crippen LogP) is 3.74. The third kappa shape index (κ3) is 3.74. The molecule has 120 valence electrons.